The van der Waals surface area contributed by atoms with Crippen LogP contribution in [0.1, 0.15) is 18.1 Å². The zero-order chi connectivity index (χ0) is 19.6. The summed E-state index contributed by atoms with van der Waals surface area (Å²) in [6.07, 6.45) is 1.72. The van der Waals surface area contributed by atoms with Gasteiger partial charge in [0.2, 0.25) is 0 Å². The first-order valence-corrected chi connectivity index (χ1v) is 11.2. The highest BCUT2D eigenvalue weighted by Crippen LogP contribution is 2.38. The molecule has 1 heterocycles. The van der Waals surface area contributed by atoms with Crippen LogP contribution in [-0.2, 0) is 11.3 Å². The first-order chi connectivity index (χ1) is 12.9. The lowest BCUT2D eigenvalue weighted by Gasteiger charge is -2.12. The first-order valence-electron chi connectivity index (χ1n) is 8.00. The van der Waals surface area contributed by atoms with Crippen molar-refractivity contribution in [3.8, 4) is 5.75 Å². The second-order valence-corrected chi connectivity index (χ2v) is 9.26. The number of ether oxygens (including phenoxy) is 1. The molecule has 0 spiro atoms. The topological polar surface area (TPSA) is 46.6 Å². The number of thioether (sulfide) groups is 1. The van der Waals surface area contributed by atoms with Crippen LogP contribution >= 0.6 is 59.6 Å². The van der Waals surface area contributed by atoms with Crippen LogP contribution in [0.15, 0.2) is 54.7 Å². The number of hydrogen-bond donors (Lipinski definition) is 0. The maximum atomic E-state index is 12.7. The molecule has 1 aliphatic heterocycles. The highest BCUT2D eigenvalue weighted by atomic mass is 79.9. The molecule has 0 radical (unpaired) electrons. The standard InChI is InChI=1S/C19H14Br3NO3S/c1-2-26-17-14(21)7-12(8-15(17)22)9-16-18(24)23(19(25)27-16)10-11-3-5-13(20)6-4-11/h3-9H,2,10H2,1H3/b16-9-. The Balaban J connectivity index is 1.82. The van der Waals surface area contributed by atoms with Crippen molar-refractivity contribution in [1.82, 2.24) is 4.90 Å². The van der Waals surface area contributed by atoms with E-state index in [-0.39, 0.29) is 17.7 Å². The second kappa shape index (κ2) is 8.94. The maximum Gasteiger partial charge on any atom is 0.293 e. The van der Waals surface area contributed by atoms with Crippen molar-refractivity contribution >= 4 is 76.8 Å². The van der Waals surface area contributed by atoms with E-state index >= 15 is 0 Å². The molecule has 2 amide bonds. The van der Waals surface area contributed by atoms with Crippen molar-refractivity contribution in [3.05, 3.63) is 65.8 Å². The van der Waals surface area contributed by atoms with Gasteiger partial charge in [-0.25, -0.2) is 0 Å². The lowest BCUT2D eigenvalue weighted by Crippen LogP contribution is -2.27. The number of imide groups is 1. The van der Waals surface area contributed by atoms with Gasteiger partial charge >= 0.3 is 0 Å². The molecule has 0 unspecified atom stereocenters. The summed E-state index contributed by atoms with van der Waals surface area (Å²) in [6, 6.07) is 11.3. The van der Waals surface area contributed by atoms with Crippen molar-refractivity contribution in [2.75, 3.05) is 6.61 Å². The van der Waals surface area contributed by atoms with Gasteiger partial charge in [0.25, 0.3) is 11.1 Å². The summed E-state index contributed by atoms with van der Waals surface area (Å²) in [5.74, 6) is 0.423. The highest BCUT2D eigenvalue weighted by Gasteiger charge is 2.35. The fourth-order valence-corrected chi connectivity index (χ4v) is 5.06. The number of nitrogens with zero attached hydrogens (tertiary/aromatic N) is 1. The number of hydrogen-bond acceptors (Lipinski definition) is 4. The van der Waals surface area contributed by atoms with E-state index in [1.807, 2.05) is 43.3 Å². The molecule has 0 saturated carbocycles. The van der Waals surface area contributed by atoms with E-state index in [2.05, 4.69) is 47.8 Å². The molecule has 27 heavy (non-hydrogen) atoms. The monoisotopic (exact) mass is 573 g/mol. The number of carbonyl (C=O) groups excluding carboxylic acids is 2. The fraction of sp³-hybridized carbons (Fsp3) is 0.158. The van der Waals surface area contributed by atoms with Crippen LogP contribution in [0.5, 0.6) is 5.75 Å². The SMILES string of the molecule is CCOc1c(Br)cc(/C=C2\SC(=O)N(Cc3ccc(Br)cc3)C2=O)cc1Br. The third kappa shape index (κ3) is 4.85. The zero-order valence-electron chi connectivity index (χ0n) is 14.2. The van der Waals surface area contributed by atoms with Gasteiger partial charge < -0.3 is 4.74 Å². The smallest absolute Gasteiger partial charge is 0.293 e. The molecular formula is C19H14Br3NO3S. The van der Waals surface area contributed by atoms with Crippen molar-refractivity contribution in [1.29, 1.82) is 0 Å². The first kappa shape index (κ1) is 20.6. The molecule has 1 fully saturated rings. The van der Waals surface area contributed by atoms with Gasteiger partial charge in [0, 0.05) is 4.47 Å². The van der Waals surface area contributed by atoms with Crippen LogP contribution in [-0.4, -0.2) is 22.7 Å². The van der Waals surface area contributed by atoms with Gasteiger partial charge in [0.15, 0.2) is 0 Å². The molecule has 2 aromatic rings. The van der Waals surface area contributed by atoms with E-state index in [9.17, 15) is 9.59 Å². The third-order valence-corrected chi connectivity index (χ3v) is 6.35. The molecule has 3 rings (SSSR count). The Kier molecular flexibility index (Phi) is 6.83. The van der Waals surface area contributed by atoms with Crippen molar-refractivity contribution in [2.24, 2.45) is 0 Å². The Bertz CT molecular complexity index is 905. The molecule has 4 nitrogen and oxygen atoms in total. The van der Waals surface area contributed by atoms with Crippen LogP contribution < -0.4 is 4.74 Å². The van der Waals surface area contributed by atoms with Gasteiger partial charge in [-0.2, -0.15) is 0 Å². The third-order valence-electron chi connectivity index (χ3n) is 3.73. The maximum absolute atomic E-state index is 12.7. The van der Waals surface area contributed by atoms with Crippen LogP contribution in [0.3, 0.4) is 0 Å². The van der Waals surface area contributed by atoms with Crippen LogP contribution in [0, 0.1) is 0 Å². The van der Waals surface area contributed by atoms with E-state index < -0.39 is 0 Å². The average molecular weight is 576 g/mol. The molecule has 140 valence electrons. The normalized spacial score (nSPS) is 15.7. The van der Waals surface area contributed by atoms with E-state index in [0.29, 0.717) is 17.3 Å². The molecule has 0 atom stereocenters. The molecule has 0 bridgehead atoms. The van der Waals surface area contributed by atoms with Gasteiger partial charge in [-0.15, -0.1) is 0 Å². The summed E-state index contributed by atoms with van der Waals surface area (Å²) in [7, 11) is 0. The minimum atomic E-state index is -0.283. The summed E-state index contributed by atoms with van der Waals surface area (Å²) in [4.78, 5) is 26.7. The lowest BCUT2D eigenvalue weighted by molar-refractivity contribution is -0.123. The van der Waals surface area contributed by atoms with E-state index in [0.717, 1.165) is 36.3 Å². The Morgan fingerprint density at radius 1 is 1.07 bits per heavy atom. The molecule has 0 aliphatic carbocycles. The van der Waals surface area contributed by atoms with Gasteiger partial charge in [0.1, 0.15) is 5.75 Å². The summed E-state index contributed by atoms with van der Waals surface area (Å²) in [5, 5.41) is -0.266. The lowest BCUT2D eigenvalue weighted by atomic mass is 10.2. The van der Waals surface area contributed by atoms with Gasteiger partial charge in [-0.1, -0.05) is 28.1 Å². The van der Waals surface area contributed by atoms with Gasteiger partial charge in [0.05, 0.1) is 27.0 Å². The number of benzene rings is 2. The molecule has 0 N–H and O–H groups in total. The second-order valence-electron chi connectivity index (χ2n) is 5.64. The minimum Gasteiger partial charge on any atom is -0.492 e. The molecular weight excluding hydrogens is 562 g/mol. The van der Waals surface area contributed by atoms with Crippen LogP contribution in [0.2, 0.25) is 0 Å². The quantitative estimate of drug-likeness (QED) is 0.376. The van der Waals surface area contributed by atoms with Crippen molar-refractivity contribution < 1.29 is 14.3 Å². The fourth-order valence-electron chi connectivity index (χ4n) is 2.51. The number of carbonyl (C=O) groups is 2. The Labute approximate surface area is 186 Å². The predicted molar refractivity (Wildman–Crippen MR) is 119 cm³/mol. The average Bonchev–Trinajstić information content (AvgIpc) is 2.87. The summed E-state index contributed by atoms with van der Waals surface area (Å²) < 4.78 is 8.07. The molecule has 0 aromatic heterocycles. The minimum absolute atomic E-state index is 0.256. The highest BCUT2D eigenvalue weighted by molar-refractivity contribution is 9.11. The molecule has 2 aromatic carbocycles. The zero-order valence-corrected chi connectivity index (χ0v) is 19.7. The van der Waals surface area contributed by atoms with Crippen molar-refractivity contribution in [3.63, 3.8) is 0 Å². The predicted octanol–water partition coefficient (Wildman–Crippen LogP) is 6.61. The largest absolute Gasteiger partial charge is 0.492 e. The van der Waals surface area contributed by atoms with Gasteiger partial charge in [-0.3, -0.25) is 14.5 Å². The number of halogens is 3. The van der Waals surface area contributed by atoms with E-state index in [1.54, 1.807) is 6.08 Å². The summed E-state index contributed by atoms with van der Waals surface area (Å²) >= 11 is 11.3. The van der Waals surface area contributed by atoms with Crippen molar-refractivity contribution in [2.45, 2.75) is 13.5 Å². The Morgan fingerprint density at radius 2 is 1.70 bits per heavy atom. The summed E-state index contributed by atoms with van der Waals surface area (Å²) in [6.45, 7) is 2.71. The van der Waals surface area contributed by atoms with E-state index in [4.69, 9.17) is 4.74 Å². The van der Waals surface area contributed by atoms with Gasteiger partial charge in [-0.05, 0) is 92.0 Å². The number of rotatable bonds is 5. The van der Waals surface area contributed by atoms with E-state index in [1.165, 1.54) is 4.90 Å². The molecule has 1 aliphatic rings. The Hall–Kier alpha value is -1.09. The molecule has 1 saturated heterocycles. The van der Waals surface area contributed by atoms with Crippen LogP contribution in [0.4, 0.5) is 4.79 Å². The number of amides is 2. The molecule has 8 heteroatoms. The Morgan fingerprint density at radius 3 is 2.30 bits per heavy atom. The van der Waals surface area contributed by atoms with Crippen LogP contribution in [0.25, 0.3) is 6.08 Å². The summed E-state index contributed by atoms with van der Waals surface area (Å²) in [5.41, 5.74) is 1.69.